The summed E-state index contributed by atoms with van der Waals surface area (Å²) in [4.78, 5) is 10.9. The van der Waals surface area contributed by atoms with Crippen molar-refractivity contribution in [2.45, 2.75) is 44.6 Å². The van der Waals surface area contributed by atoms with Crippen molar-refractivity contribution in [1.29, 1.82) is 0 Å². The Morgan fingerprint density at radius 2 is 2.00 bits per heavy atom. The Morgan fingerprint density at radius 1 is 1.23 bits per heavy atom. The van der Waals surface area contributed by atoms with Crippen LogP contribution in [0.5, 0.6) is 0 Å². The third-order valence-corrected chi connectivity index (χ3v) is 5.12. The van der Waals surface area contributed by atoms with Crippen LogP contribution in [0.1, 0.15) is 38.7 Å². The number of anilines is 2. The molecule has 1 aliphatic heterocycles. The quantitative estimate of drug-likeness (QED) is 0.829. The maximum atomic E-state index is 13.2. The van der Waals surface area contributed by atoms with E-state index in [4.69, 9.17) is 0 Å². The van der Waals surface area contributed by atoms with Crippen LogP contribution in [0.4, 0.5) is 16.0 Å². The maximum Gasteiger partial charge on any atom is 0.134 e. The third-order valence-electron chi connectivity index (χ3n) is 5.12. The van der Waals surface area contributed by atoms with E-state index in [2.05, 4.69) is 34.0 Å². The van der Waals surface area contributed by atoms with E-state index in [-0.39, 0.29) is 23.9 Å². The summed E-state index contributed by atoms with van der Waals surface area (Å²) in [6.07, 6.45) is 4.80. The number of halogens is 1. The van der Waals surface area contributed by atoms with Crippen LogP contribution in [0.3, 0.4) is 0 Å². The van der Waals surface area contributed by atoms with Gasteiger partial charge in [-0.1, -0.05) is 26.0 Å². The molecule has 0 radical (unpaired) electrons. The number of nitrogens with one attached hydrogen (secondary N) is 1. The first kappa shape index (κ1) is 18.6. The van der Waals surface area contributed by atoms with Gasteiger partial charge in [0.1, 0.15) is 23.8 Å². The van der Waals surface area contributed by atoms with Gasteiger partial charge in [-0.05, 0) is 37.0 Å². The van der Waals surface area contributed by atoms with Gasteiger partial charge in [0.25, 0.3) is 0 Å². The van der Waals surface area contributed by atoms with E-state index < -0.39 is 0 Å². The summed E-state index contributed by atoms with van der Waals surface area (Å²) < 4.78 is 13.2. The van der Waals surface area contributed by atoms with E-state index in [0.29, 0.717) is 6.54 Å². The molecule has 6 heteroatoms. The van der Waals surface area contributed by atoms with Crippen molar-refractivity contribution < 1.29 is 9.50 Å². The molecular weight excluding hydrogens is 331 g/mol. The van der Waals surface area contributed by atoms with Gasteiger partial charge in [0.2, 0.25) is 0 Å². The number of nitrogens with zero attached hydrogens (tertiary/aromatic N) is 3. The van der Waals surface area contributed by atoms with Crippen LogP contribution in [0.15, 0.2) is 36.7 Å². The molecule has 1 aromatic heterocycles. The number of benzene rings is 1. The highest BCUT2D eigenvalue weighted by molar-refractivity contribution is 5.50. The van der Waals surface area contributed by atoms with Crippen molar-refractivity contribution in [2.75, 3.05) is 29.9 Å². The number of hydrogen-bond donors (Lipinski definition) is 2. The monoisotopic (exact) mass is 358 g/mol. The number of aromatic nitrogens is 2. The minimum absolute atomic E-state index is 0.127. The summed E-state index contributed by atoms with van der Waals surface area (Å²) in [6.45, 7) is 5.94. The molecule has 1 aliphatic rings. The van der Waals surface area contributed by atoms with E-state index in [9.17, 15) is 9.50 Å². The number of aliphatic hydroxyl groups excluding tert-OH is 1. The Balaban J connectivity index is 1.69. The topological polar surface area (TPSA) is 61.3 Å². The molecular formula is C20H27FN4O. The molecule has 1 saturated heterocycles. The van der Waals surface area contributed by atoms with Crippen molar-refractivity contribution in [3.8, 4) is 0 Å². The van der Waals surface area contributed by atoms with Crippen molar-refractivity contribution in [1.82, 2.24) is 9.97 Å². The van der Waals surface area contributed by atoms with E-state index in [1.165, 1.54) is 12.1 Å². The van der Waals surface area contributed by atoms with Crippen molar-refractivity contribution >= 4 is 11.6 Å². The second-order valence-corrected chi connectivity index (χ2v) is 7.53. The highest BCUT2D eigenvalue weighted by Gasteiger charge is 2.24. The van der Waals surface area contributed by atoms with Gasteiger partial charge in [-0.25, -0.2) is 14.4 Å². The molecule has 0 spiro atoms. The number of aliphatic hydroxyl groups is 1. The molecule has 1 atom stereocenters. The van der Waals surface area contributed by atoms with Gasteiger partial charge < -0.3 is 15.3 Å². The van der Waals surface area contributed by atoms with E-state index >= 15 is 0 Å². The Kier molecular flexibility index (Phi) is 5.71. The molecule has 0 aliphatic carbocycles. The second-order valence-electron chi connectivity index (χ2n) is 7.53. The van der Waals surface area contributed by atoms with Gasteiger partial charge in [-0.2, -0.15) is 0 Å². The molecule has 2 aromatic rings. The van der Waals surface area contributed by atoms with Crippen LogP contribution >= 0.6 is 0 Å². The Hall–Kier alpha value is -2.21. The molecule has 5 nitrogen and oxygen atoms in total. The zero-order valence-electron chi connectivity index (χ0n) is 15.5. The summed E-state index contributed by atoms with van der Waals surface area (Å²) in [7, 11) is 0. The molecule has 140 valence electrons. The first-order valence-corrected chi connectivity index (χ1v) is 9.19. The third kappa shape index (κ3) is 4.30. The highest BCUT2D eigenvalue weighted by Crippen LogP contribution is 2.26. The first-order chi connectivity index (χ1) is 12.5. The smallest absolute Gasteiger partial charge is 0.134 e. The van der Waals surface area contributed by atoms with Gasteiger partial charge in [-0.3, -0.25) is 0 Å². The van der Waals surface area contributed by atoms with Crippen LogP contribution in [-0.4, -0.2) is 40.8 Å². The van der Waals surface area contributed by atoms with E-state index in [1.807, 2.05) is 18.2 Å². The Morgan fingerprint density at radius 3 is 2.73 bits per heavy atom. The average Bonchev–Trinajstić information content (AvgIpc) is 2.67. The second kappa shape index (κ2) is 7.99. The lowest BCUT2D eigenvalue weighted by molar-refractivity contribution is 0.239. The van der Waals surface area contributed by atoms with Gasteiger partial charge in [0.15, 0.2) is 0 Å². The van der Waals surface area contributed by atoms with Crippen molar-refractivity contribution in [3.05, 3.63) is 48.0 Å². The zero-order valence-corrected chi connectivity index (χ0v) is 15.5. The van der Waals surface area contributed by atoms with Crippen LogP contribution in [0.2, 0.25) is 0 Å². The Bertz CT molecular complexity index is 720. The fraction of sp³-hybridized carbons (Fsp3) is 0.500. The summed E-state index contributed by atoms with van der Waals surface area (Å²) in [5, 5.41) is 13.0. The normalized spacial score (nSPS) is 18.0. The van der Waals surface area contributed by atoms with Crippen LogP contribution in [0, 0.1) is 5.82 Å². The standard InChI is InChI=1S/C20H27FN4O/c1-20(2,15-6-8-16(21)9-7-15)13-22-18-11-19(24-14-23-18)25-10-4-3-5-17(25)12-26/h6-9,11,14,17,26H,3-5,10,12-13H2,1-2H3,(H,22,23,24). The molecule has 0 amide bonds. The lowest BCUT2D eigenvalue weighted by Gasteiger charge is -2.35. The number of rotatable bonds is 6. The molecule has 0 saturated carbocycles. The van der Waals surface area contributed by atoms with Gasteiger partial charge in [0, 0.05) is 24.6 Å². The van der Waals surface area contributed by atoms with Gasteiger partial charge >= 0.3 is 0 Å². The Labute approximate surface area is 154 Å². The molecule has 2 heterocycles. The lowest BCUT2D eigenvalue weighted by Crippen LogP contribution is -2.42. The lowest BCUT2D eigenvalue weighted by atomic mass is 9.84. The van der Waals surface area contributed by atoms with Gasteiger partial charge in [0.05, 0.1) is 12.6 Å². The van der Waals surface area contributed by atoms with Crippen molar-refractivity contribution in [2.24, 2.45) is 0 Å². The van der Waals surface area contributed by atoms with Crippen molar-refractivity contribution in [3.63, 3.8) is 0 Å². The maximum absolute atomic E-state index is 13.2. The van der Waals surface area contributed by atoms with Crippen LogP contribution in [-0.2, 0) is 5.41 Å². The van der Waals surface area contributed by atoms with Crippen LogP contribution < -0.4 is 10.2 Å². The first-order valence-electron chi connectivity index (χ1n) is 9.19. The predicted octanol–water partition coefficient (Wildman–Crippen LogP) is 3.36. The molecule has 2 N–H and O–H groups in total. The largest absolute Gasteiger partial charge is 0.394 e. The molecule has 0 bridgehead atoms. The molecule has 26 heavy (non-hydrogen) atoms. The fourth-order valence-corrected chi connectivity index (χ4v) is 3.41. The molecule has 1 aromatic carbocycles. The number of hydrogen-bond acceptors (Lipinski definition) is 5. The van der Waals surface area contributed by atoms with Gasteiger partial charge in [-0.15, -0.1) is 0 Å². The molecule has 1 unspecified atom stereocenters. The highest BCUT2D eigenvalue weighted by atomic mass is 19.1. The number of piperidine rings is 1. The average molecular weight is 358 g/mol. The summed E-state index contributed by atoms with van der Waals surface area (Å²) >= 11 is 0. The molecule has 1 fully saturated rings. The van der Waals surface area contributed by atoms with Crippen LogP contribution in [0.25, 0.3) is 0 Å². The fourth-order valence-electron chi connectivity index (χ4n) is 3.41. The zero-order chi connectivity index (χ0) is 18.6. The van der Waals surface area contributed by atoms with E-state index in [1.54, 1.807) is 6.33 Å². The summed E-state index contributed by atoms with van der Waals surface area (Å²) in [5.41, 5.74) is 0.898. The van der Waals surface area contributed by atoms with E-state index in [0.717, 1.165) is 43.0 Å². The summed E-state index contributed by atoms with van der Waals surface area (Å²) in [5.74, 6) is 1.38. The molecule has 3 rings (SSSR count). The minimum atomic E-state index is -0.224. The minimum Gasteiger partial charge on any atom is -0.394 e. The SMILES string of the molecule is CC(C)(CNc1cc(N2CCCCC2CO)ncn1)c1ccc(F)cc1. The summed E-state index contributed by atoms with van der Waals surface area (Å²) in [6, 6.07) is 8.69. The predicted molar refractivity (Wildman–Crippen MR) is 102 cm³/mol.